The third-order valence-electron chi connectivity index (χ3n) is 4.57. The van der Waals surface area contributed by atoms with Gasteiger partial charge in [0.1, 0.15) is 11.3 Å². The van der Waals surface area contributed by atoms with Gasteiger partial charge in [-0.05, 0) is 45.4 Å². The van der Waals surface area contributed by atoms with Crippen LogP contribution in [0.2, 0.25) is 0 Å². The smallest absolute Gasteiger partial charge is 0.216 e. The third kappa shape index (κ3) is 2.84. The fourth-order valence-corrected chi connectivity index (χ4v) is 3.07. The fourth-order valence-electron chi connectivity index (χ4n) is 3.07. The van der Waals surface area contributed by atoms with E-state index in [9.17, 15) is 4.79 Å². The van der Waals surface area contributed by atoms with Crippen LogP contribution in [0.4, 0.5) is 0 Å². The predicted octanol–water partition coefficient (Wildman–Crippen LogP) is 3.25. The molecule has 1 saturated carbocycles. The molecule has 0 bridgehead atoms. The first kappa shape index (κ1) is 16.0. The zero-order chi connectivity index (χ0) is 15.6. The molecule has 1 aliphatic rings. The summed E-state index contributed by atoms with van der Waals surface area (Å²) in [6, 6.07) is 0.101. The molecule has 0 aliphatic heterocycles. The van der Waals surface area contributed by atoms with Crippen molar-refractivity contribution in [3.8, 4) is 5.75 Å². The number of ether oxygens (including phenoxy) is 2. The molecule has 0 atom stereocenters. The number of ketones is 1. The molecule has 0 aromatic carbocycles. The molecule has 0 saturated heterocycles. The summed E-state index contributed by atoms with van der Waals surface area (Å²) in [7, 11) is 3.21. The van der Waals surface area contributed by atoms with Crippen LogP contribution in [0.5, 0.6) is 5.75 Å². The van der Waals surface area contributed by atoms with Crippen LogP contribution in [0.15, 0.2) is 6.20 Å². The van der Waals surface area contributed by atoms with Crippen LogP contribution in [-0.2, 0) is 4.74 Å². The molecule has 5 nitrogen and oxygen atoms in total. The second kappa shape index (κ2) is 6.18. The standard InChI is InChI=1S/C16H26N2O3/c1-11(2)18-14(13(20-4)10-17-18)15(19)16(21-5)8-6-12(3)7-9-16/h10-12H,6-9H2,1-5H3. The first-order valence-electron chi connectivity index (χ1n) is 7.66. The number of aromatic nitrogens is 2. The second-order valence-corrected chi connectivity index (χ2v) is 6.31. The summed E-state index contributed by atoms with van der Waals surface area (Å²) in [6.45, 7) is 6.24. The fraction of sp³-hybridized carbons (Fsp3) is 0.750. The van der Waals surface area contributed by atoms with Crippen molar-refractivity contribution < 1.29 is 14.3 Å². The van der Waals surface area contributed by atoms with Gasteiger partial charge in [-0.15, -0.1) is 0 Å². The van der Waals surface area contributed by atoms with Crippen LogP contribution < -0.4 is 4.74 Å². The van der Waals surface area contributed by atoms with E-state index in [2.05, 4.69) is 12.0 Å². The van der Waals surface area contributed by atoms with Crippen molar-refractivity contribution in [3.05, 3.63) is 11.9 Å². The first-order valence-corrected chi connectivity index (χ1v) is 7.66. The topological polar surface area (TPSA) is 53.4 Å². The molecule has 0 radical (unpaired) electrons. The third-order valence-corrected chi connectivity index (χ3v) is 4.57. The van der Waals surface area contributed by atoms with Crippen LogP contribution in [0.25, 0.3) is 0 Å². The van der Waals surface area contributed by atoms with Gasteiger partial charge in [-0.3, -0.25) is 9.48 Å². The Balaban J connectivity index is 2.40. The van der Waals surface area contributed by atoms with Crippen molar-refractivity contribution in [2.24, 2.45) is 5.92 Å². The van der Waals surface area contributed by atoms with Gasteiger partial charge >= 0.3 is 0 Å². The van der Waals surface area contributed by atoms with Crippen LogP contribution in [0, 0.1) is 5.92 Å². The molecule has 1 fully saturated rings. The molecule has 2 rings (SSSR count). The zero-order valence-corrected chi connectivity index (χ0v) is 13.7. The molecule has 0 spiro atoms. The van der Waals surface area contributed by atoms with E-state index < -0.39 is 5.60 Å². The quantitative estimate of drug-likeness (QED) is 0.782. The number of carbonyl (C=O) groups is 1. The number of hydrogen-bond acceptors (Lipinski definition) is 4. The highest BCUT2D eigenvalue weighted by Crippen LogP contribution is 2.38. The Morgan fingerprint density at radius 3 is 2.48 bits per heavy atom. The van der Waals surface area contributed by atoms with E-state index in [1.54, 1.807) is 25.1 Å². The van der Waals surface area contributed by atoms with E-state index in [4.69, 9.17) is 9.47 Å². The molecule has 0 N–H and O–H groups in total. The summed E-state index contributed by atoms with van der Waals surface area (Å²) < 4.78 is 12.8. The minimum absolute atomic E-state index is 0.0000463. The van der Waals surface area contributed by atoms with E-state index >= 15 is 0 Å². The molecule has 1 aromatic heterocycles. The Kier molecular flexibility index (Phi) is 4.71. The molecular formula is C16H26N2O3. The Labute approximate surface area is 126 Å². The molecule has 0 unspecified atom stereocenters. The lowest BCUT2D eigenvalue weighted by Gasteiger charge is -2.37. The van der Waals surface area contributed by atoms with Crippen LogP contribution >= 0.6 is 0 Å². The maximum absolute atomic E-state index is 13.2. The van der Waals surface area contributed by atoms with Gasteiger partial charge in [0.25, 0.3) is 0 Å². The largest absolute Gasteiger partial charge is 0.493 e. The summed E-state index contributed by atoms with van der Waals surface area (Å²) in [5.74, 6) is 1.18. The maximum Gasteiger partial charge on any atom is 0.216 e. The average Bonchev–Trinajstić information content (AvgIpc) is 2.91. The van der Waals surface area contributed by atoms with Gasteiger partial charge < -0.3 is 9.47 Å². The number of Topliss-reactive ketones (excluding diaryl/α,β-unsaturated/α-hetero) is 1. The highest BCUT2D eigenvalue weighted by molar-refractivity contribution is 6.03. The van der Waals surface area contributed by atoms with E-state index in [1.807, 2.05) is 13.8 Å². The molecule has 1 aliphatic carbocycles. The molecule has 21 heavy (non-hydrogen) atoms. The van der Waals surface area contributed by atoms with E-state index in [1.165, 1.54) is 0 Å². The van der Waals surface area contributed by atoms with Crippen LogP contribution in [-0.4, -0.2) is 35.4 Å². The summed E-state index contributed by atoms with van der Waals surface area (Å²) in [5, 5.41) is 4.30. The van der Waals surface area contributed by atoms with Crippen LogP contribution in [0.1, 0.15) is 63.0 Å². The minimum atomic E-state index is -0.730. The minimum Gasteiger partial charge on any atom is -0.493 e. The lowest BCUT2D eigenvalue weighted by Crippen LogP contribution is -2.45. The Morgan fingerprint density at radius 2 is 2.00 bits per heavy atom. The van der Waals surface area contributed by atoms with Gasteiger partial charge in [0, 0.05) is 13.2 Å². The zero-order valence-electron chi connectivity index (χ0n) is 13.7. The van der Waals surface area contributed by atoms with Crippen molar-refractivity contribution in [2.45, 2.75) is 58.1 Å². The van der Waals surface area contributed by atoms with Gasteiger partial charge in [0.05, 0.1) is 13.3 Å². The van der Waals surface area contributed by atoms with Gasteiger partial charge in [0.15, 0.2) is 5.75 Å². The highest BCUT2D eigenvalue weighted by atomic mass is 16.5. The van der Waals surface area contributed by atoms with Crippen molar-refractivity contribution in [1.29, 1.82) is 0 Å². The number of nitrogens with zero attached hydrogens (tertiary/aromatic N) is 2. The van der Waals surface area contributed by atoms with E-state index in [-0.39, 0.29) is 11.8 Å². The molecule has 0 amide bonds. The van der Waals surface area contributed by atoms with Crippen molar-refractivity contribution in [3.63, 3.8) is 0 Å². The van der Waals surface area contributed by atoms with Crippen molar-refractivity contribution in [1.82, 2.24) is 9.78 Å². The van der Waals surface area contributed by atoms with E-state index in [0.29, 0.717) is 17.4 Å². The second-order valence-electron chi connectivity index (χ2n) is 6.31. The molecule has 1 aromatic rings. The summed E-state index contributed by atoms with van der Waals surface area (Å²) >= 11 is 0. The molecule has 118 valence electrons. The van der Waals surface area contributed by atoms with E-state index in [0.717, 1.165) is 25.7 Å². The summed E-state index contributed by atoms with van der Waals surface area (Å²) in [5.41, 5.74) is -0.198. The van der Waals surface area contributed by atoms with Crippen molar-refractivity contribution >= 4 is 5.78 Å². The Morgan fingerprint density at radius 1 is 1.38 bits per heavy atom. The van der Waals surface area contributed by atoms with Gasteiger partial charge in [-0.25, -0.2) is 0 Å². The highest BCUT2D eigenvalue weighted by Gasteiger charge is 2.44. The predicted molar refractivity (Wildman–Crippen MR) is 80.9 cm³/mol. The number of rotatable bonds is 5. The van der Waals surface area contributed by atoms with Gasteiger partial charge in [0.2, 0.25) is 5.78 Å². The maximum atomic E-state index is 13.2. The van der Waals surface area contributed by atoms with Gasteiger partial charge in [-0.1, -0.05) is 6.92 Å². The number of hydrogen-bond donors (Lipinski definition) is 0. The normalized spacial score (nSPS) is 26.1. The molecule has 1 heterocycles. The summed E-state index contributed by atoms with van der Waals surface area (Å²) in [4.78, 5) is 13.2. The monoisotopic (exact) mass is 294 g/mol. The molecular weight excluding hydrogens is 268 g/mol. The van der Waals surface area contributed by atoms with Crippen LogP contribution in [0.3, 0.4) is 0 Å². The lowest BCUT2D eigenvalue weighted by molar-refractivity contribution is -0.0272. The van der Waals surface area contributed by atoms with Gasteiger partial charge in [-0.2, -0.15) is 5.10 Å². The Hall–Kier alpha value is -1.36. The average molecular weight is 294 g/mol. The first-order chi connectivity index (χ1) is 9.95. The lowest BCUT2D eigenvalue weighted by atomic mass is 9.76. The number of methoxy groups -OCH3 is 2. The van der Waals surface area contributed by atoms with Crippen molar-refractivity contribution in [2.75, 3.05) is 14.2 Å². The Bertz CT molecular complexity index is 500. The SMILES string of the molecule is COc1cnn(C(C)C)c1C(=O)C1(OC)CCC(C)CC1. The number of carbonyl (C=O) groups excluding carboxylic acids is 1. The summed E-state index contributed by atoms with van der Waals surface area (Å²) in [6.07, 6.45) is 5.16. The molecule has 5 heteroatoms.